The fourth-order valence-electron chi connectivity index (χ4n) is 4.51. The molecule has 5 rings (SSSR count). The summed E-state index contributed by atoms with van der Waals surface area (Å²) in [5.41, 5.74) is 5.86. The van der Waals surface area contributed by atoms with E-state index in [0.29, 0.717) is 11.1 Å². The highest BCUT2D eigenvalue weighted by atomic mass is 16.5. The highest BCUT2D eigenvalue weighted by Crippen LogP contribution is 2.35. The van der Waals surface area contributed by atoms with E-state index in [2.05, 4.69) is 34.1 Å². The zero-order valence-electron chi connectivity index (χ0n) is 21.2. The van der Waals surface area contributed by atoms with Crippen molar-refractivity contribution in [3.8, 4) is 0 Å². The smallest absolute Gasteiger partial charge is 0.337 e. The van der Waals surface area contributed by atoms with Gasteiger partial charge in [0, 0.05) is 24.7 Å². The largest absolute Gasteiger partial charge is 0.478 e. The molecule has 1 aromatic heterocycles. The fraction of sp³-hybridized carbons (Fsp3) is 0.200. The standard InChI is InChI=1S/C21H20N2O2.C9H8O4/c1-25-21(24)16-7-8-19-18(13-16)20-17(14-22-19)10-12-23(20)11-9-15-5-3-2-4-6-15;1-5-2-3-6(8(10)11)4-7(5)9(12)13/h2-8,13-14H,9-12H2,1H3;2-4H,1H3,(H,10,11)(H,12,13). The summed E-state index contributed by atoms with van der Waals surface area (Å²) >= 11 is 0. The van der Waals surface area contributed by atoms with E-state index in [-0.39, 0.29) is 17.1 Å². The zero-order chi connectivity index (χ0) is 27.2. The van der Waals surface area contributed by atoms with Crippen molar-refractivity contribution >= 4 is 34.5 Å². The molecule has 4 aromatic rings. The average Bonchev–Trinajstić information content (AvgIpc) is 3.35. The Morgan fingerprint density at radius 3 is 2.37 bits per heavy atom. The number of hydrogen-bond acceptors (Lipinski definition) is 6. The number of aromatic nitrogens is 1. The SMILES string of the molecule is COC(=O)c1ccc2ncc3c(c2c1)N(CCc1ccccc1)CC3.Cc1ccc(C(=O)O)cc1C(=O)O. The van der Waals surface area contributed by atoms with E-state index >= 15 is 0 Å². The lowest BCUT2D eigenvalue weighted by Crippen LogP contribution is -2.23. The van der Waals surface area contributed by atoms with E-state index in [1.807, 2.05) is 24.4 Å². The minimum Gasteiger partial charge on any atom is -0.478 e. The molecular formula is C30H28N2O6. The first-order chi connectivity index (χ1) is 18.3. The topological polar surface area (TPSA) is 117 Å². The Morgan fingerprint density at radius 2 is 1.68 bits per heavy atom. The van der Waals surface area contributed by atoms with E-state index in [1.165, 1.54) is 36.1 Å². The van der Waals surface area contributed by atoms with Crippen LogP contribution >= 0.6 is 0 Å². The van der Waals surface area contributed by atoms with Crippen LogP contribution in [0.1, 0.15) is 47.8 Å². The van der Waals surface area contributed by atoms with Crippen LogP contribution in [-0.4, -0.2) is 53.3 Å². The summed E-state index contributed by atoms with van der Waals surface area (Å²) in [4.78, 5) is 40.0. The lowest BCUT2D eigenvalue weighted by atomic mass is 10.1. The van der Waals surface area contributed by atoms with Crippen molar-refractivity contribution < 1.29 is 29.3 Å². The van der Waals surface area contributed by atoms with Gasteiger partial charge < -0.3 is 19.8 Å². The maximum Gasteiger partial charge on any atom is 0.337 e. The number of carbonyl (C=O) groups excluding carboxylic acids is 1. The summed E-state index contributed by atoms with van der Waals surface area (Å²) in [5, 5.41) is 18.3. The predicted molar refractivity (Wildman–Crippen MR) is 144 cm³/mol. The highest BCUT2D eigenvalue weighted by Gasteiger charge is 2.23. The molecule has 2 N–H and O–H groups in total. The zero-order valence-corrected chi connectivity index (χ0v) is 21.2. The van der Waals surface area contributed by atoms with E-state index < -0.39 is 11.9 Å². The summed E-state index contributed by atoms with van der Waals surface area (Å²) in [6.45, 7) is 3.57. The minimum atomic E-state index is -1.12. The van der Waals surface area contributed by atoms with Gasteiger partial charge in [-0.05, 0) is 66.8 Å². The second-order valence-corrected chi connectivity index (χ2v) is 8.97. The van der Waals surface area contributed by atoms with E-state index in [0.717, 1.165) is 42.9 Å². The van der Waals surface area contributed by atoms with Gasteiger partial charge in [0.15, 0.2) is 0 Å². The Bertz CT molecular complexity index is 1500. The van der Waals surface area contributed by atoms with Crippen LogP contribution < -0.4 is 4.90 Å². The van der Waals surface area contributed by atoms with Crippen LogP contribution in [0, 0.1) is 6.92 Å². The van der Waals surface area contributed by atoms with Crippen molar-refractivity contribution in [1.82, 2.24) is 4.98 Å². The van der Waals surface area contributed by atoms with Crippen molar-refractivity contribution in [3.63, 3.8) is 0 Å². The van der Waals surface area contributed by atoms with Gasteiger partial charge in [0.25, 0.3) is 0 Å². The number of rotatable bonds is 6. The molecule has 8 nitrogen and oxygen atoms in total. The van der Waals surface area contributed by atoms with Crippen molar-refractivity contribution in [3.05, 3.63) is 106 Å². The molecule has 0 unspecified atom stereocenters. The van der Waals surface area contributed by atoms with E-state index in [9.17, 15) is 14.4 Å². The van der Waals surface area contributed by atoms with Gasteiger partial charge in [-0.2, -0.15) is 0 Å². The Kier molecular flexibility index (Phi) is 8.01. The van der Waals surface area contributed by atoms with Crippen LogP contribution in [0.3, 0.4) is 0 Å². The van der Waals surface area contributed by atoms with Crippen LogP contribution in [-0.2, 0) is 17.6 Å². The Hall–Kier alpha value is -4.72. The first-order valence-corrected chi connectivity index (χ1v) is 12.1. The van der Waals surface area contributed by atoms with Gasteiger partial charge in [-0.25, -0.2) is 14.4 Å². The number of benzene rings is 3. The molecule has 38 heavy (non-hydrogen) atoms. The highest BCUT2D eigenvalue weighted by molar-refractivity contribution is 6.00. The number of nitrogens with zero attached hydrogens (tertiary/aromatic N) is 2. The lowest BCUT2D eigenvalue weighted by Gasteiger charge is -2.21. The third kappa shape index (κ3) is 5.81. The number of aromatic carboxylic acids is 2. The molecule has 0 atom stereocenters. The number of carbonyl (C=O) groups is 3. The van der Waals surface area contributed by atoms with Crippen LogP contribution in [0.25, 0.3) is 10.9 Å². The summed E-state index contributed by atoms with van der Waals surface area (Å²) in [5.74, 6) is -2.54. The first-order valence-electron chi connectivity index (χ1n) is 12.1. The van der Waals surface area contributed by atoms with Gasteiger partial charge in [0.2, 0.25) is 0 Å². The third-order valence-corrected chi connectivity index (χ3v) is 6.53. The molecule has 0 bridgehead atoms. The van der Waals surface area contributed by atoms with Gasteiger partial charge >= 0.3 is 17.9 Å². The molecule has 0 aliphatic carbocycles. The number of esters is 1. The molecule has 0 saturated carbocycles. The van der Waals surface area contributed by atoms with Gasteiger partial charge in [-0.3, -0.25) is 4.98 Å². The molecule has 8 heteroatoms. The van der Waals surface area contributed by atoms with Gasteiger partial charge in [0.05, 0.1) is 35.0 Å². The molecule has 1 aliphatic rings. The first kappa shape index (κ1) is 26.3. The molecule has 0 fully saturated rings. The maximum atomic E-state index is 11.9. The summed E-state index contributed by atoms with van der Waals surface area (Å²) in [7, 11) is 1.41. The van der Waals surface area contributed by atoms with E-state index in [1.54, 1.807) is 13.0 Å². The third-order valence-electron chi connectivity index (χ3n) is 6.53. The lowest BCUT2D eigenvalue weighted by molar-refractivity contribution is 0.0599. The predicted octanol–water partition coefficient (Wildman–Crippen LogP) is 5.02. The summed E-state index contributed by atoms with van der Waals surface area (Å²) < 4.78 is 4.86. The summed E-state index contributed by atoms with van der Waals surface area (Å²) in [6.07, 6.45) is 3.97. The van der Waals surface area contributed by atoms with Gasteiger partial charge in [-0.15, -0.1) is 0 Å². The second-order valence-electron chi connectivity index (χ2n) is 8.97. The molecular weight excluding hydrogens is 484 g/mol. The number of carboxylic acids is 2. The molecule has 0 spiro atoms. The van der Waals surface area contributed by atoms with Crippen LogP contribution in [0.15, 0.2) is 72.9 Å². The van der Waals surface area contributed by atoms with Gasteiger partial charge in [0.1, 0.15) is 0 Å². The Labute approximate surface area is 220 Å². The number of aryl methyl sites for hydroxylation is 1. The molecule has 194 valence electrons. The Morgan fingerprint density at radius 1 is 0.947 bits per heavy atom. The molecule has 0 amide bonds. The van der Waals surface area contributed by atoms with Crippen LogP contribution in [0.4, 0.5) is 5.69 Å². The van der Waals surface area contributed by atoms with Crippen LogP contribution in [0.5, 0.6) is 0 Å². The fourth-order valence-corrected chi connectivity index (χ4v) is 4.51. The van der Waals surface area contributed by atoms with Crippen molar-refractivity contribution in [2.75, 3.05) is 25.1 Å². The van der Waals surface area contributed by atoms with Crippen molar-refractivity contribution in [2.45, 2.75) is 19.8 Å². The monoisotopic (exact) mass is 512 g/mol. The average molecular weight is 513 g/mol. The molecule has 3 aromatic carbocycles. The van der Waals surface area contributed by atoms with Crippen LogP contribution in [0.2, 0.25) is 0 Å². The van der Waals surface area contributed by atoms with Gasteiger partial charge in [-0.1, -0.05) is 36.4 Å². The molecule has 1 aliphatic heterocycles. The van der Waals surface area contributed by atoms with Crippen molar-refractivity contribution in [2.24, 2.45) is 0 Å². The van der Waals surface area contributed by atoms with Crippen molar-refractivity contribution in [1.29, 1.82) is 0 Å². The van der Waals surface area contributed by atoms with E-state index in [4.69, 9.17) is 14.9 Å². The molecule has 2 heterocycles. The second kappa shape index (κ2) is 11.6. The number of hydrogen-bond donors (Lipinski definition) is 2. The minimum absolute atomic E-state index is 0.0111. The Balaban J connectivity index is 0.000000219. The quantitative estimate of drug-likeness (QED) is 0.346. The number of carboxylic acid groups (broad SMARTS) is 2. The number of fused-ring (bicyclic) bond motifs is 3. The molecule has 0 radical (unpaired) electrons. The summed E-state index contributed by atoms with van der Waals surface area (Å²) in [6, 6.07) is 20.1. The normalized spacial score (nSPS) is 11.9. The molecule has 0 saturated heterocycles. The number of ether oxygens (including phenoxy) is 1. The number of anilines is 1. The maximum absolute atomic E-state index is 11.9. The number of methoxy groups -OCH3 is 1. The number of pyridine rings is 1.